The average Bonchev–Trinajstić information content (AvgIpc) is 2.39. The first-order valence-electron chi connectivity index (χ1n) is 6.08. The summed E-state index contributed by atoms with van der Waals surface area (Å²) in [5, 5.41) is 9.46. The number of carboxylic acids is 1. The smallest absolute Gasteiger partial charge is 0.352 e. The number of benzene rings is 1. The normalized spacial score (nSPS) is 10.7. The zero-order chi connectivity index (χ0) is 15.7. The van der Waals surface area contributed by atoms with Crippen LogP contribution in [0.1, 0.15) is 17.0 Å². The highest BCUT2D eigenvalue weighted by molar-refractivity contribution is 9.10. The third-order valence-electron chi connectivity index (χ3n) is 3.16. The van der Waals surface area contributed by atoms with Crippen molar-refractivity contribution >= 4 is 33.5 Å². The van der Waals surface area contributed by atoms with E-state index in [4.69, 9.17) is 16.7 Å². The van der Waals surface area contributed by atoms with Gasteiger partial charge in [0.2, 0.25) is 0 Å². The van der Waals surface area contributed by atoms with Gasteiger partial charge < -0.3 is 5.11 Å². The fourth-order valence-corrected chi connectivity index (χ4v) is 2.77. The van der Waals surface area contributed by atoms with Gasteiger partial charge in [-0.1, -0.05) is 17.7 Å². The highest BCUT2D eigenvalue weighted by Gasteiger charge is 2.17. The summed E-state index contributed by atoms with van der Waals surface area (Å²) in [7, 11) is 0. The summed E-state index contributed by atoms with van der Waals surface area (Å²) < 4.78 is 1.92. The summed E-state index contributed by atoms with van der Waals surface area (Å²) in [5.74, 6) is -0.974. The van der Waals surface area contributed by atoms with Crippen molar-refractivity contribution in [1.29, 1.82) is 0 Å². The molecule has 0 unspecified atom stereocenters. The van der Waals surface area contributed by atoms with Gasteiger partial charge in [-0.05, 0) is 41.9 Å². The molecule has 0 radical (unpaired) electrons. The van der Waals surface area contributed by atoms with E-state index in [1.165, 1.54) is 4.57 Å². The van der Waals surface area contributed by atoms with Gasteiger partial charge in [0.15, 0.2) is 0 Å². The molecule has 0 amide bonds. The Morgan fingerprint density at radius 1 is 1.43 bits per heavy atom. The van der Waals surface area contributed by atoms with Crippen LogP contribution in [-0.4, -0.2) is 20.6 Å². The first-order valence-corrected chi connectivity index (χ1v) is 7.25. The van der Waals surface area contributed by atoms with Crippen LogP contribution < -0.4 is 5.69 Å². The molecule has 0 bridgehead atoms. The maximum Gasteiger partial charge on any atom is 0.352 e. The van der Waals surface area contributed by atoms with E-state index in [0.29, 0.717) is 32.1 Å². The van der Waals surface area contributed by atoms with Gasteiger partial charge in [0.05, 0.1) is 21.6 Å². The van der Waals surface area contributed by atoms with Crippen LogP contribution in [0.4, 0.5) is 0 Å². The Morgan fingerprint density at radius 2 is 2.10 bits per heavy atom. The molecule has 110 valence electrons. The summed E-state index contributed by atoms with van der Waals surface area (Å²) in [6, 6.07) is 5.12. The van der Waals surface area contributed by atoms with E-state index >= 15 is 0 Å². The summed E-state index contributed by atoms with van der Waals surface area (Å²) >= 11 is 9.39. The van der Waals surface area contributed by atoms with Crippen LogP contribution in [0.15, 0.2) is 27.5 Å². The molecule has 0 fully saturated rings. The third kappa shape index (κ3) is 3.01. The minimum absolute atomic E-state index is 0.191. The average molecular weight is 372 g/mol. The molecule has 21 heavy (non-hydrogen) atoms. The molecule has 0 aliphatic carbocycles. The predicted octanol–water partition coefficient (Wildman–Crippen LogP) is 2.89. The number of carboxylic acid groups (broad SMARTS) is 1. The number of rotatable bonds is 3. The summed E-state index contributed by atoms with van der Waals surface area (Å²) in [6.45, 7) is 3.33. The Bertz CT molecular complexity index is 787. The second kappa shape index (κ2) is 5.99. The highest BCUT2D eigenvalue weighted by atomic mass is 79.9. The van der Waals surface area contributed by atoms with Gasteiger partial charge in [0.1, 0.15) is 0 Å². The molecule has 2 aromatic rings. The van der Waals surface area contributed by atoms with Crippen molar-refractivity contribution in [3.8, 4) is 5.69 Å². The number of aryl methyl sites for hydroxylation is 1. The van der Waals surface area contributed by atoms with Crippen LogP contribution >= 0.6 is 27.5 Å². The molecule has 0 atom stereocenters. The van der Waals surface area contributed by atoms with Gasteiger partial charge in [-0.3, -0.25) is 9.36 Å². The number of hydrogen-bond donors (Lipinski definition) is 1. The Balaban J connectivity index is 2.78. The molecule has 0 spiro atoms. The Kier molecular flexibility index (Phi) is 4.49. The number of aliphatic carboxylic acids is 1. The molecule has 7 heteroatoms. The van der Waals surface area contributed by atoms with E-state index in [9.17, 15) is 9.59 Å². The lowest BCUT2D eigenvalue weighted by atomic mass is 10.1. The molecule has 1 N–H and O–H groups in total. The minimum atomic E-state index is -0.974. The molecule has 0 saturated carbocycles. The van der Waals surface area contributed by atoms with Crippen molar-refractivity contribution < 1.29 is 9.90 Å². The lowest BCUT2D eigenvalue weighted by Gasteiger charge is -2.16. The molecule has 1 heterocycles. The fourth-order valence-electron chi connectivity index (χ4n) is 2.16. The van der Waals surface area contributed by atoms with Crippen LogP contribution in [0, 0.1) is 13.8 Å². The van der Waals surface area contributed by atoms with Crippen molar-refractivity contribution in [3.63, 3.8) is 0 Å². The Labute approximate surface area is 134 Å². The van der Waals surface area contributed by atoms with Gasteiger partial charge in [0, 0.05) is 17.0 Å². The number of nitrogens with zero attached hydrogens (tertiary/aromatic N) is 2. The van der Waals surface area contributed by atoms with Crippen molar-refractivity contribution in [3.05, 3.63) is 55.1 Å². The molecule has 0 aliphatic heterocycles. The summed E-state index contributed by atoms with van der Waals surface area (Å²) in [6.07, 6.45) is -0.191. The van der Waals surface area contributed by atoms with Crippen molar-refractivity contribution in [2.45, 2.75) is 20.3 Å². The topological polar surface area (TPSA) is 72.2 Å². The first-order chi connectivity index (χ1) is 9.82. The number of aromatic nitrogens is 2. The van der Waals surface area contributed by atoms with E-state index in [2.05, 4.69) is 20.9 Å². The second-order valence-corrected chi connectivity index (χ2v) is 5.72. The molecule has 2 rings (SSSR count). The van der Waals surface area contributed by atoms with E-state index in [-0.39, 0.29) is 6.42 Å². The van der Waals surface area contributed by atoms with Gasteiger partial charge in [-0.2, -0.15) is 4.98 Å². The van der Waals surface area contributed by atoms with Crippen LogP contribution in [-0.2, 0) is 11.2 Å². The van der Waals surface area contributed by atoms with Crippen LogP contribution in [0.2, 0.25) is 5.02 Å². The van der Waals surface area contributed by atoms with Gasteiger partial charge in [-0.25, -0.2) is 4.79 Å². The van der Waals surface area contributed by atoms with Gasteiger partial charge in [-0.15, -0.1) is 0 Å². The maximum atomic E-state index is 12.2. The summed E-state index contributed by atoms with van der Waals surface area (Å²) in [5.41, 5.74) is 1.55. The quantitative estimate of drug-likeness (QED) is 0.900. The SMILES string of the molecule is Cc1nc(=O)n(-c2cccc(Cl)c2Br)c(C)c1CC(=O)O. The Morgan fingerprint density at radius 3 is 2.71 bits per heavy atom. The molecular weight excluding hydrogens is 360 g/mol. The van der Waals surface area contributed by atoms with E-state index < -0.39 is 11.7 Å². The second-order valence-electron chi connectivity index (χ2n) is 4.52. The zero-order valence-electron chi connectivity index (χ0n) is 11.4. The van der Waals surface area contributed by atoms with Gasteiger partial charge in [0.25, 0.3) is 0 Å². The number of hydrogen-bond acceptors (Lipinski definition) is 3. The van der Waals surface area contributed by atoms with Crippen LogP contribution in [0.5, 0.6) is 0 Å². The molecule has 0 saturated heterocycles. The minimum Gasteiger partial charge on any atom is -0.481 e. The molecule has 5 nitrogen and oxygen atoms in total. The first kappa shape index (κ1) is 15.7. The van der Waals surface area contributed by atoms with E-state index in [1.54, 1.807) is 32.0 Å². The van der Waals surface area contributed by atoms with Gasteiger partial charge >= 0.3 is 11.7 Å². The Hall–Kier alpha value is -1.66. The third-order valence-corrected chi connectivity index (χ3v) is 4.54. The fraction of sp³-hybridized carbons (Fsp3) is 0.214. The van der Waals surface area contributed by atoms with Crippen LogP contribution in [0.25, 0.3) is 5.69 Å². The highest BCUT2D eigenvalue weighted by Crippen LogP contribution is 2.29. The number of carbonyl (C=O) groups is 1. The van der Waals surface area contributed by atoms with E-state index in [1.807, 2.05) is 0 Å². The zero-order valence-corrected chi connectivity index (χ0v) is 13.7. The predicted molar refractivity (Wildman–Crippen MR) is 83.4 cm³/mol. The standard InChI is InChI=1S/C14H12BrClN2O3/c1-7-9(6-12(19)20)8(2)18(14(21)17-7)11-5-3-4-10(16)13(11)15/h3-5H,6H2,1-2H3,(H,19,20). The lowest BCUT2D eigenvalue weighted by Crippen LogP contribution is -2.27. The van der Waals surface area contributed by atoms with E-state index in [0.717, 1.165) is 0 Å². The maximum absolute atomic E-state index is 12.2. The molecule has 1 aromatic carbocycles. The lowest BCUT2D eigenvalue weighted by molar-refractivity contribution is -0.136. The van der Waals surface area contributed by atoms with Crippen molar-refractivity contribution in [2.75, 3.05) is 0 Å². The largest absolute Gasteiger partial charge is 0.481 e. The summed E-state index contributed by atoms with van der Waals surface area (Å²) in [4.78, 5) is 27.1. The molecule has 1 aromatic heterocycles. The number of halogens is 2. The van der Waals surface area contributed by atoms with Crippen LogP contribution in [0.3, 0.4) is 0 Å². The molecular formula is C14H12BrClN2O3. The molecule has 0 aliphatic rings. The monoisotopic (exact) mass is 370 g/mol. The van der Waals surface area contributed by atoms with Crippen molar-refractivity contribution in [1.82, 2.24) is 9.55 Å². The van der Waals surface area contributed by atoms with Crippen molar-refractivity contribution in [2.24, 2.45) is 0 Å².